The molecule has 3 heterocycles. The van der Waals surface area contributed by atoms with Gasteiger partial charge in [-0.25, -0.2) is 4.98 Å². The summed E-state index contributed by atoms with van der Waals surface area (Å²) in [4.78, 5) is 9.16. The normalized spacial score (nSPS) is 11.4. The molecule has 0 saturated carbocycles. The first-order chi connectivity index (χ1) is 17.3. The van der Waals surface area contributed by atoms with Crippen molar-refractivity contribution >= 4 is 43.5 Å². The van der Waals surface area contributed by atoms with Crippen LogP contribution in [0.25, 0.3) is 66.0 Å². The first kappa shape index (κ1) is 19.5. The van der Waals surface area contributed by atoms with E-state index in [0.29, 0.717) is 5.56 Å². The second kappa shape index (κ2) is 7.51. The molecule has 0 unspecified atom stereocenters. The third kappa shape index (κ3) is 2.99. The van der Waals surface area contributed by atoms with Gasteiger partial charge in [-0.15, -0.1) is 0 Å². The Morgan fingerprint density at radius 1 is 0.657 bits per heavy atom. The fourth-order valence-electron chi connectivity index (χ4n) is 5.00. The van der Waals surface area contributed by atoms with Crippen molar-refractivity contribution in [2.75, 3.05) is 0 Å². The van der Waals surface area contributed by atoms with Crippen LogP contribution in [0.2, 0.25) is 0 Å². The van der Waals surface area contributed by atoms with E-state index >= 15 is 0 Å². The topological polar surface area (TPSA) is 62.7 Å². The molecular weight excluding hydrogens is 430 g/mol. The largest absolute Gasteiger partial charge is 0.456 e. The van der Waals surface area contributed by atoms with Gasteiger partial charge in [0.25, 0.3) is 0 Å². The Morgan fingerprint density at radius 3 is 2.31 bits per heavy atom. The van der Waals surface area contributed by atoms with Gasteiger partial charge in [-0.05, 0) is 51.9 Å². The van der Waals surface area contributed by atoms with E-state index in [0.717, 1.165) is 55.2 Å². The second-order valence-electron chi connectivity index (χ2n) is 8.59. The number of benzene rings is 4. The molecule has 4 nitrogen and oxygen atoms in total. The molecule has 7 aromatic rings. The lowest BCUT2D eigenvalue weighted by molar-refractivity contribution is 0.669. The Bertz CT molecular complexity index is 1980. The van der Waals surface area contributed by atoms with Crippen molar-refractivity contribution in [1.82, 2.24) is 9.97 Å². The lowest BCUT2D eigenvalue weighted by atomic mass is 9.95. The molecule has 4 heteroatoms. The summed E-state index contributed by atoms with van der Waals surface area (Å²) in [6.45, 7) is 0. The van der Waals surface area contributed by atoms with E-state index in [1.165, 1.54) is 10.8 Å². The maximum atomic E-state index is 9.27. The summed E-state index contributed by atoms with van der Waals surface area (Å²) in [5.74, 6) is 0. The predicted molar refractivity (Wildman–Crippen MR) is 140 cm³/mol. The monoisotopic (exact) mass is 447 g/mol. The van der Waals surface area contributed by atoms with E-state index < -0.39 is 0 Å². The fourth-order valence-corrected chi connectivity index (χ4v) is 5.00. The second-order valence-corrected chi connectivity index (χ2v) is 8.59. The van der Waals surface area contributed by atoms with E-state index in [9.17, 15) is 5.26 Å². The van der Waals surface area contributed by atoms with Crippen LogP contribution in [0, 0.1) is 11.3 Å². The molecule has 0 radical (unpaired) electrons. The Hall–Kier alpha value is -5.01. The highest BCUT2D eigenvalue weighted by Crippen LogP contribution is 2.42. The zero-order valence-corrected chi connectivity index (χ0v) is 18.6. The third-order valence-electron chi connectivity index (χ3n) is 6.56. The maximum absolute atomic E-state index is 9.27. The summed E-state index contributed by atoms with van der Waals surface area (Å²) < 4.78 is 6.40. The van der Waals surface area contributed by atoms with Gasteiger partial charge in [-0.1, -0.05) is 60.7 Å². The minimum absolute atomic E-state index is 0.510. The first-order valence-electron chi connectivity index (χ1n) is 11.4. The highest BCUT2D eigenvalue weighted by atomic mass is 16.3. The number of nitrogens with zero attached hydrogens (tertiary/aromatic N) is 3. The molecule has 4 aromatic carbocycles. The van der Waals surface area contributed by atoms with Crippen LogP contribution in [-0.4, -0.2) is 9.97 Å². The van der Waals surface area contributed by atoms with Gasteiger partial charge in [0, 0.05) is 34.3 Å². The van der Waals surface area contributed by atoms with Crippen LogP contribution in [0.15, 0.2) is 108 Å². The molecule has 162 valence electrons. The van der Waals surface area contributed by atoms with Crippen molar-refractivity contribution < 1.29 is 4.42 Å². The third-order valence-corrected chi connectivity index (χ3v) is 6.56. The van der Waals surface area contributed by atoms with Gasteiger partial charge < -0.3 is 4.42 Å². The van der Waals surface area contributed by atoms with E-state index in [1.54, 1.807) is 12.4 Å². The zero-order chi connectivity index (χ0) is 23.4. The molecule has 0 aliphatic carbocycles. The van der Waals surface area contributed by atoms with Crippen molar-refractivity contribution in [2.45, 2.75) is 0 Å². The van der Waals surface area contributed by atoms with Crippen molar-refractivity contribution in [1.29, 1.82) is 5.26 Å². The predicted octanol–water partition coefficient (Wildman–Crippen LogP) is 7.89. The number of rotatable bonds is 2. The van der Waals surface area contributed by atoms with Crippen LogP contribution in [0.4, 0.5) is 0 Å². The van der Waals surface area contributed by atoms with Crippen LogP contribution < -0.4 is 0 Å². The van der Waals surface area contributed by atoms with Gasteiger partial charge in [0.1, 0.15) is 17.2 Å². The van der Waals surface area contributed by atoms with Gasteiger partial charge in [-0.2, -0.15) is 5.26 Å². The van der Waals surface area contributed by atoms with Crippen molar-refractivity contribution in [3.8, 4) is 28.6 Å². The average molecular weight is 447 g/mol. The number of nitriles is 1. The van der Waals surface area contributed by atoms with Gasteiger partial charge in [0.15, 0.2) is 0 Å². The minimum Gasteiger partial charge on any atom is -0.456 e. The summed E-state index contributed by atoms with van der Waals surface area (Å²) in [7, 11) is 0. The average Bonchev–Trinajstić information content (AvgIpc) is 3.32. The van der Waals surface area contributed by atoms with E-state index in [1.807, 2.05) is 24.3 Å². The Balaban J connectivity index is 1.53. The summed E-state index contributed by atoms with van der Waals surface area (Å²) >= 11 is 0. The number of pyridine rings is 2. The number of aromatic nitrogens is 2. The Morgan fingerprint density at radius 2 is 1.43 bits per heavy atom. The van der Waals surface area contributed by atoms with Gasteiger partial charge >= 0.3 is 0 Å². The molecule has 7 rings (SSSR count). The lowest BCUT2D eigenvalue weighted by Gasteiger charge is -2.10. The van der Waals surface area contributed by atoms with Gasteiger partial charge in [0.2, 0.25) is 0 Å². The van der Waals surface area contributed by atoms with Crippen LogP contribution in [-0.2, 0) is 0 Å². The quantitative estimate of drug-likeness (QED) is 0.270. The van der Waals surface area contributed by atoms with Crippen LogP contribution >= 0.6 is 0 Å². The first-order valence-corrected chi connectivity index (χ1v) is 11.4. The minimum atomic E-state index is 0.510. The molecule has 3 aromatic heterocycles. The molecule has 0 saturated heterocycles. The summed E-state index contributed by atoms with van der Waals surface area (Å²) in [6.07, 6.45) is 3.29. The summed E-state index contributed by atoms with van der Waals surface area (Å²) in [5, 5.41) is 16.2. The summed E-state index contributed by atoms with van der Waals surface area (Å²) in [5.41, 5.74) is 5.65. The Kier molecular flexibility index (Phi) is 4.18. The number of hydrogen-bond acceptors (Lipinski definition) is 4. The molecule has 0 aliphatic heterocycles. The van der Waals surface area contributed by atoms with E-state index in [2.05, 4.69) is 77.8 Å². The molecule has 0 amide bonds. The van der Waals surface area contributed by atoms with E-state index in [4.69, 9.17) is 9.40 Å². The fraction of sp³-hybridized carbons (Fsp3) is 0. The van der Waals surface area contributed by atoms with Crippen molar-refractivity contribution in [3.63, 3.8) is 0 Å². The number of furan rings is 1. The molecule has 0 bridgehead atoms. The molecule has 0 atom stereocenters. The standard InChI is InChI=1S/C31H17N3O/c32-16-19-14-21(18-33-17-19)26-10-5-11-27(34-26)25-15-29-31(24-9-4-3-8-23(24)25)30-22-7-2-1-6-20(22)12-13-28(30)35-29/h1-15,17-18H. The number of hydrogen-bond donors (Lipinski definition) is 0. The number of fused-ring (bicyclic) bond motifs is 7. The van der Waals surface area contributed by atoms with Crippen LogP contribution in [0.3, 0.4) is 0 Å². The molecule has 0 aliphatic rings. The SMILES string of the molecule is N#Cc1cncc(-c2cccc(-c3cc4oc5ccc6ccccc6c5c4c4ccccc34)n2)c1. The van der Waals surface area contributed by atoms with Crippen molar-refractivity contribution in [2.24, 2.45) is 0 Å². The highest BCUT2D eigenvalue weighted by Gasteiger charge is 2.17. The molecule has 35 heavy (non-hydrogen) atoms. The highest BCUT2D eigenvalue weighted by molar-refractivity contribution is 6.28. The molecule has 0 N–H and O–H groups in total. The summed E-state index contributed by atoms with van der Waals surface area (Å²) in [6, 6.07) is 33.0. The maximum Gasteiger partial charge on any atom is 0.136 e. The molecule has 0 fully saturated rings. The smallest absolute Gasteiger partial charge is 0.136 e. The lowest BCUT2D eigenvalue weighted by Crippen LogP contribution is -1.91. The van der Waals surface area contributed by atoms with Crippen molar-refractivity contribution in [3.05, 3.63) is 109 Å². The van der Waals surface area contributed by atoms with Gasteiger partial charge in [-0.3, -0.25) is 4.98 Å². The van der Waals surface area contributed by atoms with E-state index in [-0.39, 0.29) is 0 Å². The zero-order valence-electron chi connectivity index (χ0n) is 18.6. The van der Waals surface area contributed by atoms with Gasteiger partial charge in [0.05, 0.1) is 17.0 Å². The van der Waals surface area contributed by atoms with Crippen LogP contribution in [0.1, 0.15) is 5.56 Å². The molecule has 0 spiro atoms. The molecular formula is C31H17N3O. The van der Waals surface area contributed by atoms with Crippen LogP contribution in [0.5, 0.6) is 0 Å². The Labute approximate surface area is 200 Å².